The van der Waals surface area contributed by atoms with Crippen LogP contribution in [0.25, 0.3) is 10.4 Å². The van der Waals surface area contributed by atoms with Crippen LogP contribution in [-0.2, 0) is 22.3 Å². The van der Waals surface area contributed by atoms with Crippen molar-refractivity contribution in [3.05, 3.63) is 50.9 Å². The van der Waals surface area contributed by atoms with Gasteiger partial charge < -0.3 is 18.9 Å². The van der Waals surface area contributed by atoms with E-state index in [1.165, 1.54) is 7.11 Å². The van der Waals surface area contributed by atoms with Gasteiger partial charge in [-0.2, -0.15) is 5.10 Å². The fraction of sp³-hybridized carbons (Fsp3) is 0.625. The van der Waals surface area contributed by atoms with Crippen molar-refractivity contribution in [3.8, 4) is 11.5 Å². The highest BCUT2D eigenvalue weighted by molar-refractivity contribution is 5.44. The molecule has 9 nitrogen and oxygen atoms in total. The fourth-order valence-corrected chi connectivity index (χ4v) is 5.53. The zero-order valence-electron chi connectivity index (χ0n) is 19.6. The summed E-state index contributed by atoms with van der Waals surface area (Å²) in [5.41, 5.74) is 12.8. The van der Waals surface area contributed by atoms with Crippen LogP contribution in [-0.4, -0.2) is 49.9 Å². The maximum atomic E-state index is 15.3. The lowest BCUT2D eigenvalue weighted by Gasteiger charge is -2.29. The number of aromatic nitrogens is 2. The summed E-state index contributed by atoms with van der Waals surface area (Å²) in [7, 11) is 3.03. The highest BCUT2D eigenvalue weighted by Crippen LogP contribution is 2.43. The largest absolute Gasteiger partial charge is 0.497 e. The number of methoxy groups -OCH3 is 2. The third-order valence-electron chi connectivity index (χ3n) is 7.30. The van der Waals surface area contributed by atoms with Gasteiger partial charge in [0, 0.05) is 29.2 Å². The summed E-state index contributed by atoms with van der Waals surface area (Å²) in [6, 6.07) is 3.07. The fourth-order valence-electron chi connectivity index (χ4n) is 5.53. The third-order valence-corrected chi connectivity index (χ3v) is 7.30. The Kier molecular flexibility index (Phi) is 6.63. The molecule has 1 aromatic carbocycles. The number of ether oxygens (including phenoxy) is 4. The van der Waals surface area contributed by atoms with E-state index in [2.05, 4.69) is 10.0 Å². The Labute approximate surface area is 197 Å². The monoisotopic (exact) mass is 471 g/mol. The summed E-state index contributed by atoms with van der Waals surface area (Å²) in [5, 5.41) is 9.00. The second-order valence-corrected chi connectivity index (χ2v) is 9.17. The topological polar surface area (TPSA) is 104 Å². The van der Waals surface area contributed by atoms with E-state index in [1.54, 1.807) is 19.2 Å². The molecule has 3 aliphatic rings. The van der Waals surface area contributed by atoms with Crippen LogP contribution >= 0.6 is 0 Å². The Morgan fingerprint density at radius 1 is 1.21 bits per heavy atom. The molecule has 5 rings (SSSR count). The number of hydrogen-bond donors (Lipinski definition) is 0. The van der Waals surface area contributed by atoms with Crippen LogP contribution < -0.4 is 9.47 Å². The van der Waals surface area contributed by atoms with Crippen LogP contribution in [0.15, 0.2) is 17.2 Å². The number of hydrogen-bond acceptors (Lipinski definition) is 6. The van der Waals surface area contributed by atoms with E-state index in [0.717, 1.165) is 49.1 Å². The van der Waals surface area contributed by atoms with Crippen LogP contribution in [0, 0.1) is 5.82 Å². The summed E-state index contributed by atoms with van der Waals surface area (Å²) in [4.78, 5) is 3.02. The van der Waals surface area contributed by atoms with Crippen molar-refractivity contribution in [2.75, 3.05) is 34.0 Å². The van der Waals surface area contributed by atoms with E-state index in [-0.39, 0.29) is 35.7 Å². The molecule has 10 heteroatoms. The van der Waals surface area contributed by atoms with Crippen LogP contribution in [0.4, 0.5) is 4.39 Å². The molecular formula is C24H30FN5O4. The Balaban J connectivity index is 1.55. The molecule has 4 atom stereocenters. The van der Waals surface area contributed by atoms with Crippen molar-refractivity contribution in [1.29, 1.82) is 0 Å². The first-order chi connectivity index (χ1) is 16.6. The van der Waals surface area contributed by atoms with Gasteiger partial charge >= 0.3 is 0 Å². The maximum absolute atomic E-state index is 15.3. The third kappa shape index (κ3) is 4.10. The van der Waals surface area contributed by atoms with Crippen molar-refractivity contribution in [2.24, 2.45) is 5.11 Å². The number of halogens is 1. The van der Waals surface area contributed by atoms with Crippen LogP contribution in [0.5, 0.6) is 11.5 Å². The summed E-state index contributed by atoms with van der Waals surface area (Å²) in [5.74, 6) is 0.287. The minimum Gasteiger partial charge on any atom is -0.497 e. The molecule has 0 amide bonds. The molecule has 0 N–H and O–H groups in total. The second kappa shape index (κ2) is 9.82. The Hall–Kier alpha value is -2.81. The Bertz CT molecular complexity index is 1090. The zero-order valence-corrected chi connectivity index (χ0v) is 19.6. The highest BCUT2D eigenvalue weighted by atomic mass is 19.1. The predicted molar refractivity (Wildman–Crippen MR) is 122 cm³/mol. The average molecular weight is 472 g/mol. The molecule has 0 spiro atoms. The van der Waals surface area contributed by atoms with Crippen LogP contribution in [0.1, 0.15) is 66.3 Å². The molecule has 2 aliphatic heterocycles. The van der Waals surface area contributed by atoms with Gasteiger partial charge in [-0.1, -0.05) is 5.11 Å². The summed E-state index contributed by atoms with van der Waals surface area (Å²) in [6.45, 7) is 1.57. The highest BCUT2D eigenvalue weighted by Gasteiger charge is 2.38. The lowest BCUT2D eigenvalue weighted by Crippen LogP contribution is -2.24. The first-order valence-corrected chi connectivity index (χ1v) is 11.9. The molecule has 0 radical (unpaired) electrons. The quantitative estimate of drug-likeness (QED) is 0.342. The summed E-state index contributed by atoms with van der Waals surface area (Å²) in [6.07, 6.45) is 5.02. The first kappa shape index (κ1) is 23.0. The minimum atomic E-state index is -0.343. The molecule has 2 saturated heterocycles. The number of azide groups is 1. The molecule has 2 aromatic rings. The standard InChI is InChI=1S/C24H30FN5O4/c1-31-15-10-17(23(25)21(11-15)32-2)14-6-7-16-20(9-14)30(22-5-3-4-8-34-22)28-24(16)18-12-33-13-19(18)27-29-26/h10-11,14,18-19,22H,3-9,12-13H2,1-2H3/t14-,18?,19?,22?/m0/s1. The first-order valence-electron chi connectivity index (χ1n) is 11.9. The van der Waals surface area contributed by atoms with E-state index in [9.17, 15) is 0 Å². The normalized spacial score (nSPS) is 26.6. The van der Waals surface area contributed by atoms with E-state index in [1.807, 2.05) is 4.68 Å². The van der Waals surface area contributed by atoms with Gasteiger partial charge in [0.2, 0.25) is 0 Å². The lowest BCUT2D eigenvalue weighted by atomic mass is 9.80. The van der Waals surface area contributed by atoms with Crippen molar-refractivity contribution in [2.45, 2.75) is 62.6 Å². The van der Waals surface area contributed by atoms with Gasteiger partial charge in [0.25, 0.3) is 0 Å². The number of benzene rings is 1. The van der Waals surface area contributed by atoms with Gasteiger partial charge in [-0.05, 0) is 67.2 Å². The molecule has 182 valence electrons. The average Bonchev–Trinajstić information content (AvgIpc) is 3.49. The van der Waals surface area contributed by atoms with Crippen molar-refractivity contribution in [1.82, 2.24) is 9.78 Å². The molecular weight excluding hydrogens is 441 g/mol. The molecule has 1 aliphatic carbocycles. The van der Waals surface area contributed by atoms with Crippen LogP contribution in [0.2, 0.25) is 0 Å². The van der Waals surface area contributed by atoms with Gasteiger partial charge in [0.15, 0.2) is 11.6 Å². The summed E-state index contributed by atoms with van der Waals surface area (Å²) < 4.78 is 39.7. The summed E-state index contributed by atoms with van der Waals surface area (Å²) >= 11 is 0. The van der Waals surface area contributed by atoms with Crippen molar-refractivity contribution >= 4 is 0 Å². The molecule has 3 unspecified atom stereocenters. The Morgan fingerprint density at radius 3 is 2.82 bits per heavy atom. The molecule has 0 saturated carbocycles. The van der Waals surface area contributed by atoms with E-state index in [4.69, 9.17) is 29.6 Å². The van der Waals surface area contributed by atoms with Crippen molar-refractivity contribution < 1.29 is 23.3 Å². The SMILES string of the molecule is COc1cc(OC)c(F)c([C@H]2CCc3c(C4COCC4N=[N+]=[N-])nn(C4CCCCO4)c3C2)c1. The molecule has 3 heterocycles. The smallest absolute Gasteiger partial charge is 0.168 e. The van der Waals surface area contributed by atoms with Gasteiger partial charge in [-0.15, -0.1) is 0 Å². The van der Waals surface area contributed by atoms with E-state index >= 15 is 4.39 Å². The number of rotatable bonds is 6. The zero-order chi connectivity index (χ0) is 23.7. The molecule has 0 bridgehead atoms. The second-order valence-electron chi connectivity index (χ2n) is 9.17. The minimum absolute atomic E-state index is 0.0452. The van der Waals surface area contributed by atoms with E-state index in [0.29, 0.717) is 37.6 Å². The predicted octanol–water partition coefficient (Wildman–Crippen LogP) is 4.80. The Morgan fingerprint density at radius 2 is 2.09 bits per heavy atom. The van der Waals surface area contributed by atoms with Gasteiger partial charge in [-0.3, -0.25) is 0 Å². The lowest BCUT2D eigenvalue weighted by molar-refractivity contribution is -0.0416. The van der Waals surface area contributed by atoms with Gasteiger partial charge in [-0.25, -0.2) is 9.07 Å². The number of nitrogens with zero attached hydrogens (tertiary/aromatic N) is 5. The van der Waals surface area contributed by atoms with Crippen molar-refractivity contribution in [3.63, 3.8) is 0 Å². The molecule has 1 aromatic heterocycles. The number of fused-ring (bicyclic) bond motifs is 1. The maximum Gasteiger partial charge on any atom is 0.168 e. The van der Waals surface area contributed by atoms with Gasteiger partial charge in [0.1, 0.15) is 12.0 Å². The van der Waals surface area contributed by atoms with Gasteiger partial charge in [0.05, 0.1) is 39.2 Å². The molecule has 2 fully saturated rings. The van der Waals surface area contributed by atoms with E-state index < -0.39 is 0 Å². The molecule has 34 heavy (non-hydrogen) atoms. The van der Waals surface area contributed by atoms with Crippen LogP contribution in [0.3, 0.4) is 0 Å².